The van der Waals surface area contributed by atoms with E-state index in [1.807, 2.05) is 30.3 Å². The Morgan fingerprint density at radius 2 is 1.87 bits per heavy atom. The molecule has 0 saturated carbocycles. The molecule has 3 rings (SSSR count). The number of benzene rings is 2. The molecule has 1 aliphatic carbocycles. The van der Waals surface area contributed by atoms with Gasteiger partial charge in [-0.05, 0) is 35.4 Å². The Morgan fingerprint density at radius 3 is 2.52 bits per heavy atom. The molecule has 0 fully saturated rings. The zero-order chi connectivity index (χ0) is 16.6. The summed E-state index contributed by atoms with van der Waals surface area (Å²) in [6.07, 6.45) is 2.40. The molecule has 2 aromatic rings. The predicted molar refractivity (Wildman–Crippen MR) is 94.7 cm³/mol. The fourth-order valence-electron chi connectivity index (χ4n) is 2.68. The van der Waals surface area contributed by atoms with Crippen LogP contribution in [0.2, 0.25) is 5.02 Å². The maximum atomic E-state index is 12.5. The van der Waals surface area contributed by atoms with Crippen molar-refractivity contribution in [1.29, 1.82) is 0 Å². The van der Waals surface area contributed by atoms with Gasteiger partial charge in [-0.1, -0.05) is 39.7 Å². The van der Waals surface area contributed by atoms with E-state index in [2.05, 4.69) is 15.9 Å². The van der Waals surface area contributed by atoms with Gasteiger partial charge in [0, 0.05) is 27.1 Å². The first-order valence-corrected chi connectivity index (χ1v) is 8.16. The standard InChI is InChI=1S/C18H14BrClO3/c1-22-16-8-10(14(19)9-17(16)23-2)6-11-7-13-12(18(11)21)4-3-5-15(13)20/h3-6,8-9H,7H2,1-2H3/b11-6-. The van der Waals surface area contributed by atoms with Crippen molar-refractivity contribution in [2.45, 2.75) is 6.42 Å². The molecular formula is C18H14BrClO3. The Balaban J connectivity index is 2.04. The van der Waals surface area contributed by atoms with Crippen LogP contribution >= 0.6 is 27.5 Å². The van der Waals surface area contributed by atoms with Crippen LogP contribution in [0, 0.1) is 0 Å². The molecular weight excluding hydrogens is 380 g/mol. The molecule has 0 amide bonds. The minimum absolute atomic E-state index is 0.0178. The van der Waals surface area contributed by atoms with Crippen LogP contribution in [0.15, 0.2) is 40.4 Å². The van der Waals surface area contributed by atoms with Crippen molar-refractivity contribution in [2.24, 2.45) is 0 Å². The maximum absolute atomic E-state index is 12.5. The number of methoxy groups -OCH3 is 2. The Kier molecular flexibility index (Phi) is 4.46. The maximum Gasteiger partial charge on any atom is 0.189 e. The van der Waals surface area contributed by atoms with Gasteiger partial charge in [0.1, 0.15) is 0 Å². The highest BCUT2D eigenvalue weighted by Crippen LogP contribution is 2.37. The zero-order valence-corrected chi connectivity index (χ0v) is 15.0. The number of fused-ring (bicyclic) bond motifs is 1. The van der Waals surface area contributed by atoms with E-state index in [1.165, 1.54) is 0 Å². The van der Waals surface area contributed by atoms with Gasteiger partial charge in [-0.3, -0.25) is 4.79 Å². The number of halogens is 2. The number of ketones is 1. The summed E-state index contributed by atoms with van der Waals surface area (Å²) in [6, 6.07) is 9.09. The summed E-state index contributed by atoms with van der Waals surface area (Å²) in [6.45, 7) is 0. The topological polar surface area (TPSA) is 35.5 Å². The fraction of sp³-hybridized carbons (Fsp3) is 0.167. The van der Waals surface area contributed by atoms with E-state index >= 15 is 0 Å². The van der Waals surface area contributed by atoms with Gasteiger partial charge in [0.15, 0.2) is 17.3 Å². The quantitative estimate of drug-likeness (QED) is 0.693. The van der Waals surface area contributed by atoms with Gasteiger partial charge in [0.25, 0.3) is 0 Å². The molecule has 0 aliphatic heterocycles. The van der Waals surface area contributed by atoms with E-state index in [9.17, 15) is 4.79 Å². The second-order valence-corrected chi connectivity index (χ2v) is 6.43. The number of Topliss-reactive ketones (excluding diaryl/α,β-unsaturated/α-hetero) is 1. The van der Waals surface area contributed by atoms with E-state index in [1.54, 1.807) is 20.3 Å². The number of carbonyl (C=O) groups excluding carboxylic acids is 1. The first kappa shape index (κ1) is 16.1. The number of hydrogen-bond acceptors (Lipinski definition) is 3. The fourth-order valence-corrected chi connectivity index (χ4v) is 3.36. The Hall–Kier alpha value is -1.78. The van der Waals surface area contributed by atoms with Crippen molar-refractivity contribution in [2.75, 3.05) is 14.2 Å². The SMILES string of the molecule is COc1cc(Br)c(/C=C2/Cc3c(Cl)cccc3C2=O)cc1OC. The van der Waals surface area contributed by atoms with Crippen molar-refractivity contribution in [3.63, 3.8) is 0 Å². The van der Waals surface area contributed by atoms with Crippen LogP contribution in [0.1, 0.15) is 21.5 Å². The molecule has 23 heavy (non-hydrogen) atoms. The lowest BCUT2D eigenvalue weighted by molar-refractivity contribution is 0.104. The second kappa shape index (κ2) is 6.38. The van der Waals surface area contributed by atoms with Gasteiger partial charge >= 0.3 is 0 Å². The molecule has 0 N–H and O–H groups in total. The molecule has 0 spiro atoms. The third-order valence-corrected chi connectivity index (χ3v) is 4.90. The Bertz CT molecular complexity index is 827. The highest BCUT2D eigenvalue weighted by Gasteiger charge is 2.26. The molecule has 1 aliphatic rings. The monoisotopic (exact) mass is 392 g/mol. The molecule has 0 unspecified atom stereocenters. The van der Waals surface area contributed by atoms with Crippen LogP contribution in [-0.2, 0) is 6.42 Å². The van der Waals surface area contributed by atoms with E-state index in [0.717, 1.165) is 15.6 Å². The van der Waals surface area contributed by atoms with Crippen molar-refractivity contribution >= 4 is 39.4 Å². The van der Waals surface area contributed by atoms with Gasteiger partial charge in [-0.2, -0.15) is 0 Å². The summed E-state index contributed by atoms with van der Waals surface area (Å²) in [5.74, 6) is 1.26. The van der Waals surface area contributed by atoms with Crippen LogP contribution in [0.25, 0.3) is 6.08 Å². The number of allylic oxidation sites excluding steroid dienone is 1. The van der Waals surface area contributed by atoms with E-state index in [-0.39, 0.29) is 5.78 Å². The third-order valence-electron chi connectivity index (χ3n) is 3.85. The van der Waals surface area contributed by atoms with Gasteiger partial charge in [0.05, 0.1) is 14.2 Å². The molecule has 3 nitrogen and oxygen atoms in total. The van der Waals surface area contributed by atoms with Crippen LogP contribution in [-0.4, -0.2) is 20.0 Å². The molecule has 0 radical (unpaired) electrons. The number of hydrogen-bond donors (Lipinski definition) is 0. The van der Waals surface area contributed by atoms with E-state index in [4.69, 9.17) is 21.1 Å². The first-order valence-electron chi connectivity index (χ1n) is 6.99. The first-order chi connectivity index (χ1) is 11.0. The minimum Gasteiger partial charge on any atom is -0.493 e. The van der Waals surface area contributed by atoms with Crippen LogP contribution in [0.5, 0.6) is 11.5 Å². The molecule has 0 aromatic heterocycles. The van der Waals surface area contributed by atoms with Gasteiger partial charge in [-0.25, -0.2) is 0 Å². The summed E-state index contributed by atoms with van der Waals surface area (Å²) in [4.78, 5) is 12.5. The largest absolute Gasteiger partial charge is 0.493 e. The van der Waals surface area contributed by atoms with Crippen LogP contribution < -0.4 is 9.47 Å². The summed E-state index contributed by atoms with van der Waals surface area (Å²) < 4.78 is 11.4. The summed E-state index contributed by atoms with van der Waals surface area (Å²) in [5.41, 5.74) is 3.14. The molecule has 0 saturated heterocycles. The zero-order valence-electron chi connectivity index (χ0n) is 12.7. The van der Waals surface area contributed by atoms with Crippen molar-refractivity contribution in [3.8, 4) is 11.5 Å². The van der Waals surface area contributed by atoms with Crippen LogP contribution in [0.3, 0.4) is 0 Å². The second-order valence-electron chi connectivity index (χ2n) is 5.17. The number of ether oxygens (including phenoxy) is 2. The Morgan fingerprint density at radius 1 is 1.17 bits per heavy atom. The average molecular weight is 394 g/mol. The predicted octanol–water partition coefficient (Wildman–Crippen LogP) is 4.94. The lowest BCUT2D eigenvalue weighted by Crippen LogP contribution is -1.96. The van der Waals surface area contributed by atoms with Crippen molar-refractivity contribution < 1.29 is 14.3 Å². The average Bonchev–Trinajstić information content (AvgIpc) is 2.87. The van der Waals surface area contributed by atoms with Crippen molar-refractivity contribution in [1.82, 2.24) is 0 Å². The van der Waals surface area contributed by atoms with Crippen molar-refractivity contribution in [3.05, 3.63) is 62.1 Å². The third kappa shape index (κ3) is 2.89. The molecule has 0 heterocycles. The van der Waals surface area contributed by atoms with E-state index in [0.29, 0.717) is 34.1 Å². The highest BCUT2D eigenvalue weighted by molar-refractivity contribution is 9.10. The smallest absolute Gasteiger partial charge is 0.189 e. The minimum atomic E-state index is 0.0178. The normalized spacial score (nSPS) is 15.0. The van der Waals surface area contributed by atoms with Crippen LogP contribution in [0.4, 0.5) is 0 Å². The van der Waals surface area contributed by atoms with Gasteiger partial charge in [0.2, 0.25) is 0 Å². The summed E-state index contributed by atoms with van der Waals surface area (Å²) >= 11 is 9.71. The van der Waals surface area contributed by atoms with E-state index < -0.39 is 0 Å². The lowest BCUT2D eigenvalue weighted by atomic mass is 10.1. The summed E-state index contributed by atoms with van der Waals surface area (Å²) in [5, 5.41) is 0.630. The van der Waals surface area contributed by atoms with Gasteiger partial charge < -0.3 is 9.47 Å². The molecule has 0 atom stereocenters. The lowest BCUT2D eigenvalue weighted by Gasteiger charge is -2.10. The van der Waals surface area contributed by atoms with Gasteiger partial charge in [-0.15, -0.1) is 0 Å². The molecule has 2 aromatic carbocycles. The number of carbonyl (C=O) groups is 1. The summed E-state index contributed by atoms with van der Waals surface area (Å²) in [7, 11) is 3.17. The Labute approximate surface area is 148 Å². The molecule has 5 heteroatoms. The highest BCUT2D eigenvalue weighted by atomic mass is 79.9. The number of rotatable bonds is 3. The molecule has 0 bridgehead atoms. The molecule has 118 valence electrons.